The van der Waals surface area contributed by atoms with Gasteiger partial charge in [0.05, 0.1) is 6.04 Å². The second-order valence-electron chi connectivity index (χ2n) is 14.2. The second-order valence-corrected chi connectivity index (χ2v) is 14.2. The maximum atomic E-state index is 2.51. The normalized spacial score (nSPS) is 16.3. The Balaban J connectivity index is 1.26. The standard InChI is InChI=1S/C46H50N2/c1-31-19-32(2)24-43(23-31)47(44-25-33(3)20-34(4)26-44)41-15-11-39(12-16-41)9-10-40-13-17-42(18-14-40)48(45-27-35(5)21-36(6)28-45)46-29-37(7)22-38(8)30-46/h9-13,15-17,19-25,27-30,44H,14,18,26H2,1-8H3/b10-9+. The van der Waals surface area contributed by atoms with E-state index in [0.29, 0.717) is 0 Å². The first-order valence-electron chi connectivity index (χ1n) is 17.4. The molecule has 0 amide bonds. The van der Waals surface area contributed by atoms with E-state index in [1.807, 2.05) is 0 Å². The molecule has 1 atom stereocenters. The van der Waals surface area contributed by atoms with Crippen LogP contribution >= 0.6 is 0 Å². The summed E-state index contributed by atoms with van der Waals surface area (Å²) >= 11 is 0. The predicted octanol–water partition coefficient (Wildman–Crippen LogP) is 12.8. The molecule has 0 saturated heterocycles. The molecule has 2 heteroatoms. The summed E-state index contributed by atoms with van der Waals surface area (Å²) in [7, 11) is 0. The highest BCUT2D eigenvalue weighted by atomic mass is 15.2. The van der Waals surface area contributed by atoms with Crippen molar-refractivity contribution in [1.29, 1.82) is 0 Å². The summed E-state index contributed by atoms with van der Waals surface area (Å²) in [5.74, 6) is 0. The number of hydrogen-bond acceptors (Lipinski definition) is 2. The smallest absolute Gasteiger partial charge is 0.0564 e. The Kier molecular flexibility index (Phi) is 9.73. The molecule has 0 bridgehead atoms. The lowest BCUT2D eigenvalue weighted by Gasteiger charge is -2.35. The monoisotopic (exact) mass is 630 g/mol. The van der Waals surface area contributed by atoms with Gasteiger partial charge >= 0.3 is 0 Å². The molecule has 0 aromatic heterocycles. The Bertz CT molecular complexity index is 1870. The van der Waals surface area contributed by atoms with Crippen LogP contribution in [0.3, 0.4) is 0 Å². The summed E-state index contributed by atoms with van der Waals surface area (Å²) in [6.07, 6.45) is 16.9. The Labute approximate surface area is 289 Å². The van der Waals surface area contributed by atoms with Crippen LogP contribution < -0.4 is 9.80 Å². The fourth-order valence-corrected chi connectivity index (χ4v) is 7.53. The lowest BCUT2D eigenvalue weighted by atomic mass is 9.94. The molecule has 48 heavy (non-hydrogen) atoms. The second kappa shape index (κ2) is 14.1. The van der Waals surface area contributed by atoms with Crippen LogP contribution in [0, 0.1) is 41.5 Å². The molecule has 0 aliphatic heterocycles. The van der Waals surface area contributed by atoms with Gasteiger partial charge in [0.2, 0.25) is 0 Å². The first-order valence-corrected chi connectivity index (χ1v) is 17.4. The van der Waals surface area contributed by atoms with Gasteiger partial charge in [0, 0.05) is 28.4 Å². The van der Waals surface area contributed by atoms with E-state index >= 15 is 0 Å². The molecule has 2 aliphatic rings. The van der Waals surface area contributed by atoms with Crippen molar-refractivity contribution in [3.05, 3.63) is 171 Å². The van der Waals surface area contributed by atoms with Crippen LogP contribution in [-0.4, -0.2) is 6.04 Å². The number of rotatable bonds is 8. The van der Waals surface area contributed by atoms with Gasteiger partial charge < -0.3 is 9.80 Å². The highest BCUT2D eigenvalue weighted by Crippen LogP contribution is 2.37. The highest BCUT2D eigenvalue weighted by molar-refractivity contribution is 5.72. The van der Waals surface area contributed by atoms with Gasteiger partial charge in [0.25, 0.3) is 0 Å². The molecule has 0 N–H and O–H groups in total. The van der Waals surface area contributed by atoms with E-state index in [0.717, 1.165) is 19.3 Å². The molecule has 0 heterocycles. The van der Waals surface area contributed by atoms with Crippen molar-refractivity contribution in [3.63, 3.8) is 0 Å². The minimum atomic E-state index is 0.290. The Morgan fingerprint density at radius 1 is 0.542 bits per heavy atom. The third-order valence-corrected chi connectivity index (χ3v) is 9.31. The van der Waals surface area contributed by atoms with Crippen LogP contribution in [0.2, 0.25) is 0 Å². The number of anilines is 4. The molecule has 2 aliphatic carbocycles. The van der Waals surface area contributed by atoms with Crippen molar-refractivity contribution in [2.75, 3.05) is 9.80 Å². The number of hydrogen-bond donors (Lipinski definition) is 0. The SMILES string of the molecule is CC1=CC(N(c2ccc(/C=C/C3=CC=C(N(c4cc(C)cc(C)c4)c4cc(C)cc(C)c4)CC3)cc2)c2cc(C)cc(C)c2)CC(C)=C1. The zero-order valence-corrected chi connectivity index (χ0v) is 30.1. The van der Waals surface area contributed by atoms with Gasteiger partial charge in [-0.05, 0) is 174 Å². The van der Waals surface area contributed by atoms with Gasteiger partial charge in [-0.15, -0.1) is 0 Å². The van der Waals surface area contributed by atoms with Gasteiger partial charge in [-0.1, -0.05) is 71.9 Å². The van der Waals surface area contributed by atoms with E-state index in [2.05, 4.69) is 181 Å². The lowest BCUT2D eigenvalue weighted by molar-refractivity contribution is 0.749. The number of allylic oxidation sites excluding steroid dienone is 7. The molecule has 0 fully saturated rings. The van der Waals surface area contributed by atoms with Gasteiger partial charge in [-0.25, -0.2) is 0 Å². The molecular formula is C46H50N2. The zero-order chi connectivity index (χ0) is 33.9. The average molecular weight is 631 g/mol. The van der Waals surface area contributed by atoms with E-state index in [1.165, 1.54) is 84.1 Å². The maximum absolute atomic E-state index is 2.51. The van der Waals surface area contributed by atoms with E-state index in [4.69, 9.17) is 0 Å². The molecule has 2 nitrogen and oxygen atoms in total. The Hall–Kier alpha value is -4.82. The summed E-state index contributed by atoms with van der Waals surface area (Å²) in [6.45, 7) is 17.6. The highest BCUT2D eigenvalue weighted by Gasteiger charge is 2.23. The topological polar surface area (TPSA) is 6.48 Å². The minimum Gasteiger partial charge on any atom is -0.334 e. The molecule has 0 spiro atoms. The maximum Gasteiger partial charge on any atom is 0.0564 e. The third-order valence-electron chi connectivity index (χ3n) is 9.31. The summed E-state index contributed by atoms with van der Waals surface area (Å²) in [5, 5.41) is 0. The van der Waals surface area contributed by atoms with Crippen molar-refractivity contribution in [2.45, 2.75) is 80.7 Å². The van der Waals surface area contributed by atoms with Crippen molar-refractivity contribution in [3.8, 4) is 0 Å². The molecular weight excluding hydrogens is 581 g/mol. The van der Waals surface area contributed by atoms with Crippen LogP contribution in [0.25, 0.3) is 6.08 Å². The largest absolute Gasteiger partial charge is 0.334 e. The van der Waals surface area contributed by atoms with E-state index in [9.17, 15) is 0 Å². The Morgan fingerprint density at radius 2 is 1.06 bits per heavy atom. The van der Waals surface area contributed by atoms with Crippen molar-refractivity contribution in [1.82, 2.24) is 0 Å². The molecule has 4 aromatic carbocycles. The first kappa shape index (κ1) is 33.1. The lowest BCUT2D eigenvalue weighted by Crippen LogP contribution is -2.31. The number of benzene rings is 4. The van der Waals surface area contributed by atoms with E-state index in [-0.39, 0.29) is 6.04 Å². The van der Waals surface area contributed by atoms with Gasteiger partial charge in [-0.3, -0.25) is 0 Å². The molecule has 4 aromatic rings. The summed E-state index contributed by atoms with van der Waals surface area (Å²) in [4.78, 5) is 4.97. The fourth-order valence-electron chi connectivity index (χ4n) is 7.53. The van der Waals surface area contributed by atoms with Crippen molar-refractivity contribution in [2.24, 2.45) is 0 Å². The van der Waals surface area contributed by atoms with Crippen LogP contribution in [0.5, 0.6) is 0 Å². The molecule has 6 rings (SSSR count). The van der Waals surface area contributed by atoms with Crippen LogP contribution in [-0.2, 0) is 0 Å². The van der Waals surface area contributed by atoms with Gasteiger partial charge in [0.15, 0.2) is 0 Å². The zero-order valence-electron chi connectivity index (χ0n) is 30.1. The summed E-state index contributed by atoms with van der Waals surface area (Å²) in [5.41, 5.74) is 19.3. The number of aryl methyl sites for hydroxylation is 6. The van der Waals surface area contributed by atoms with Crippen molar-refractivity contribution < 1.29 is 0 Å². The van der Waals surface area contributed by atoms with Crippen LogP contribution in [0.4, 0.5) is 22.7 Å². The number of nitrogens with zero attached hydrogens (tertiary/aromatic N) is 2. The summed E-state index contributed by atoms with van der Waals surface area (Å²) in [6, 6.07) is 30.0. The quantitative estimate of drug-likeness (QED) is 0.191. The molecule has 0 radical (unpaired) electrons. The van der Waals surface area contributed by atoms with Gasteiger partial charge in [0.1, 0.15) is 0 Å². The molecule has 244 valence electrons. The van der Waals surface area contributed by atoms with Crippen molar-refractivity contribution >= 4 is 28.8 Å². The fraction of sp³-hybridized carbons (Fsp3) is 0.261. The predicted molar refractivity (Wildman–Crippen MR) is 209 cm³/mol. The minimum absolute atomic E-state index is 0.290. The summed E-state index contributed by atoms with van der Waals surface area (Å²) < 4.78 is 0. The van der Waals surface area contributed by atoms with Crippen LogP contribution in [0.1, 0.15) is 72.1 Å². The van der Waals surface area contributed by atoms with E-state index in [1.54, 1.807) is 0 Å². The Morgan fingerprint density at radius 3 is 1.54 bits per heavy atom. The molecule has 1 unspecified atom stereocenters. The van der Waals surface area contributed by atoms with Gasteiger partial charge in [-0.2, -0.15) is 0 Å². The van der Waals surface area contributed by atoms with Crippen LogP contribution in [0.15, 0.2) is 132 Å². The average Bonchev–Trinajstić information content (AvgIpc) is 3.00. The van der Waals surface area contributed by atoms with E-state index < -0.39 is 0 Å². The first-order chi connectivity index (χ1) is 23.0. The molecule has 0 saturated carbocycles. The third kappa shape index (κ3) is 7.82.